The number of sulfonamides is 1. The summed E-state index contributed by atoms with van der Waals surface area (Å²) in [6, 6.07) is 6.54. The van der Waals surface area contributed by atoms with Gasteiger partial charge in [-0.2, -0.15) is 5.26 Å². The van der Waals surface area contributed by atoms with E-state index in [0.717, 1.165) is 0 Å². The Labute approximate surface area is 120 Å². The van der Waals surface area contributed by atoms with Crippen molar-refractivity contribution in [1.82, 2.24) is 4.72 Å². The number of aryl methyl sites for hydroxylation is 1. The molecule has 0 aliphatic rings. The molecule has 0 aliphatic carbocycles. The van der Waals surface area contributed by atoms with E-state index >= 15 is 0 Å². The van der Waals surface area contributed by atoms with Crippen LogP contribution < -0.4 is 4.72 Å². The number of hydrogen-bond donors (Lipinski definition) is 1. The van der Waals surface area contributed by atoms with E-state index in [9.17, 15) is 8.42 Å². The van der Waals surface area contributed by atoms with Crippen molar-refractivity contribution in [3.8, 4) is 6.07 Å². The topological polar surface area (TPSA) is 79.2 Å². The normalized spacial score (nSPS) is 12.2. The van der Waals surface area contributed by atoms with Crippen LogP contribution in [0.5, 0.6) is 0 Å². The first-order chi connectivity index (χ1) is 9.22. The van der Waals surface area contributed by atoms with Gasteiger partial charge < -0.3 is 4.74 Å². The van der Waals surface area contributed by atoms with Crippen LogP contribution in [0.1, 0.15) is 31.9 Å². The highest BCUT2D eigenvalue weighted by Gasteiger charge is 2.23. The number of benzene rings is 1. The van der Waals surface area contributed by atoms with Crippen molar-refractivity contribution in [3.63, 3.8) is 0 Å². The van der Waals surface area contributed by atoms with E-state index in [1.165, 1.54) is 6.07 Å². The summed E-state index contributed by atoms with van der Waals surface area (Å²) in [6.07, 6.45) is 0. The lowest BCUT2D eigenvalue weighted by Crippen LogP contribution is -2.40. The third-order valence-electron chi connectivity index (χ3n) is 2.83. The summed E-state index contributed by atoms with van der Waals surface area (Å²) in [4.78, 5) is 0.129. The van der Waals surface area contributed by atoms with Crippen LogP contribution in [0.25, 0.3) is 0 Å². The standard InChI is InChI=1S/C14H20N2O3S/c1-5-19-14(3,4)10-16-20(17,18)13-8-12(9-15)7-6-11(13)2/h6-8,16H,5,10H2,1-4H3. The lowest BCUT2D eigenvalue weighted by atomic mass is 10.1. The lowest BCUT2D eigenvalue weighted by Gasteiger charge is -2.25. The van der Waals surface area contributed by atoms with Crippen LogP contribution in [-0.4, -0.2) is 27.2 Å². The van der Waals surface area contributed by atoms with Gasteiger partial charge in [0.1, 0.15) is 0 Å². The van der Waals surface area contributed by atoms with Gasteiger partial charge in [0.15, 0.2) is 0 Å². The van der Waals surface area contributed by atoms with Gasteiger partial charge in [-0.3, -0.25) is 0 Å². The van der Waals surface area contributed by atoms with Gasteiger partial charge in [-0.25, -0.2) is 13.1 Å². The number of rotatable bonds is 6. The van der Waals surface area contributed by atoms with Gasteiger partial charge in [0.25, 0.3) is 0 Å². The molecule has 0 amide bonds. The van der Waals surface area contributed by atoms with Crippen LogP contribution in [0, 0.1) is 18.3 Å². The molecule has 0 aliphatic heterocycles. The SMILES string of the molecule is CCOC(C)(C)CNS(=O)(=O)c1cc(C#N)ccc1C. The Morgan fingerprint density at radius 3 is 2.60 bits per heavy atom. The van der Waals surface area contributed by atoms with Crippen LogP contribution >= 0.6 is 0 Å². The summed E-state index contributed by atoms with van der Waals surface area (Å²) in [5, 5.41) is 8.86. The molecule has 0 radical (unpaired) electrons. The third-order valence-corrected chi connectivity index (χ3v) is 4.37. The highest BCUT2D eigenvalue weighted by Crippen LogP contribution is 2.17. The van der Waals surface area contributed by atoms with E-state index in [1.54, 1.807) is 19.1 Å². The summed E-state index contributed by atoms with van der Waals surface area (Å²) in [5.74, 6) is 0. The Balaban J connectivity index is 2.98. The Kier molecular flexibility index (Phi) is 5.28. The fourth-order valence-electron chi connectivity index (χ4n) is 1.75. The van der Waals surface area contributed by atoms with Crippen LogP contribution in [0.4, 0.5) is 0 Å². The average molecular weight is 296 g/mol. The molecule has 110 valence electrons. The maximum absolute atomic E-state index is 12.3. The van der Waals surface area contributed by atoms with Crippen molar-refractivity contribution in [3.05, 3.63) is 29.3 Å². The molecule has 0 spiro atoms. The van der Waals surface area contributed by atoms with E-state index in [0.29, 0.717) is 17.7 Å². The maximum Gasteiger partial charge on any atom is 0.240 e. The number of hydrogen-bond acceptors (Lipinski definition) is 4. The maximum atomic E-state index is 12.3. The molecule has 5 nitrogen and oxygen atoms in total. The van der Waals surface area contributed by atoms with E-state index in [2.05, 4.69) is 4.72 Å². The molecular weight excluding hydrogens is 276 g/mol. The van der Waals surface area contributed by atoms with Gasteiger partial charge in [0.2, 0.25) is 10.0 Å². The fraction of sp³-hybridized carbons (Fsp3) is 0.500. The summed E-state index contributed by atoms with van der Waals surface area (Å²) < 4.78 is 32.6. The third kappa shape index (κ3) is 4.30. The second-order valence-electron chi connectivity index (χ2n) is 5.11. The molecule has 0 unspecified atom stereocenters. The van der Waals surface area contributed by atoms with Crippen LogP contribution in [-0.2, 0) is 14.8 Å². The molecule has 1 rings (SSSR count). The molecule has 1 N–H and O–H groups in total. The van der Waals surface area contributed by atoms with Crippen LogP contribution in [0.15, 0.2) is 23.1 Å². The number of nitrogens with zero attached hydrogens (tertiary/aromatic N) is 1. The molecule has 0 bridgehead atoms. The predicted molar refractivity (Wildman–Crippen MR) is 76.8 cm³/mol. The minimum Gasteiger partial charge on any atom is -0.375 e. The van der Waals surface area contributed by atoms with E-state index in [1.807, 2.05) is 26.8 Å². The van der Waals surface area contributed by atoms with E-state index in [4.69, 9.17) is 10.00 Å². The van der Waals surface area contributed by atoms with Gasteiger partial charge >= 0.3 is 0 Å². The quantitative estimate of drug-likeness (QED) is 0.870. The Morgan fingerprint density at radius 1 is 1.40 bits per heavy atom. The highest BCUT2D eigenvalue weighted by molar-refractivity contribution is 7.89. The zero-order valence-electron chi connectivity index (χ0n) is 12.2. The molecule has 0 fully saturated rings. The molecule has 0 heterocycles. The van der Waals surface area contributed by atoms with Gasteiger partial charge in [0, 0.05) is 13.2 Å². The second-order valence-corrected chi connectivity index (χ2v) is 6.84. The first-order valence-corrected chi connectivity index (χ1v) is 7.84. The molecule has 0 saturated heterocycles. The summed E-state index contributed by atoms with van der Waals surface area (Å²) in [6.45, 7) is 7.87. The highest BCUT2D eigenvalue weighted by atomic mass is 32.2. The van der Waals surface area contributed by atoms with Gasteiger partial charge in [0.05, 0.1) is 22.1 Å². The number of nitriles is 1. The zero-order valence-corrected chi connectivity index (χ0v) is 13.0. The first kappa shape index (κ1) is 16.6. The molecule has 6 heteroatoms. The number of nitrogens with one attached hydrogen (secondary N) is 1. The molecule has 0 saturated carbocycles. The Bertz CT molecular complexity index is 616. The molecule has 1 aromatic rings. The van der Waals surface area contributed by atoms with Crippen molar-refractivity contribution in [2.24, 2.45) is 0 Å². The van der Waals surface area contributed by atoms with Crippen LogP contribution in [0.3, 0.4) is 0 Å². The van der Waals surface area contributed by atoms with E-state index in [-0.39, 0.29) is 11.4 Å². The Morgan fingerprint density at radius 2 is 2.05 bits per heavy atom. The van der Waals surface area contributed by atoms with Gasteiger partial charge in [-0.15, -0.1) is 0 Å². The van der Waals surface area contributed by atoms with Crippen LogP contribution in [0.2, 0.25) is 0 Å². The largest absolute Gasteiger partial charge is 0.375 e. The average Bonchev–Trinajstić information content (AvgIpc) is 2.37. The second kappa shape index (κ2) is 6.35. The fourth-order valence-corrected chi connectivity index (χ4v) is 3.21. The zero-order chi connectivity index (χ0) is 15.4. The lowest BCUT2D eigenvalue weighted by molar-refractivity contribution is -0.00515. The van der Waals surface area contributed by atoms with E-state index < -0.39 is 15.6 Å². The van der Waals surface area contributed by atoms with Crippen molar-refractivity contribution in [2.75, 3.05) is 13.2 Å². The van der Waals surface area contributed by atoms with Gasteiger partial charge in [-0.05, 0) is 45.4 Å². The number of ether oxygens (including phenoxy) is 1. The van der Waals surface area contributed by atoms with Crippen molar-refractivity contribution in [1.29, 1.82) is 5.26 Å². The van der Waals surface area contributed by atoms with Gasteiger partial charge in [-0.1, -0.05) is 6.07 Å². The van der Waals surface area contributed by atoms with Crippen molar-refractivity contribution in [2.45, 2.75) is 38.2 Å². The first-order valence-electron chi connectivity index (χ1n) is 6.36. The summed E-state index contributed by atoms with van der Waals surface area (Å²) >= 11 is 0. The minimum absolute atomic E-state index is 0.129. The summed E-state index contributed by atoms with van der Waals surface area (Å²) in [5.41, 5.74) is 0.341. The molecule has 20 heavy (non-hydrogen) atoms. The Hall–Kier alpha value is -1.42. The monoisotopic (exact) mass is 296 g/mol. The molecule has 1 aromatic carbocycles. The molecule has 0 atom stereocenters. The predicted octanol–water partition coefficient (Wildman–Crippen LogP) is 1.96. The van der Waals surface area contributed by atoms with Crippen molar-refractivity contribution < 1.29 is 13.2 Å². The molecule has 0 aromatic heterocycles. The molecular formula is C14H20N2O3S. The van der Waals surface area contributed by atoms with Crippen molar-refractivity contribution >= 4 is 10.0 Å². The minimum atomic E-state index is -3.66. The summed E-state index contributed by atoms with van der Waals surface area (Å²) in [7, 11) is -3.66. The smallest absolute Gasteiger partial charge is 0.240 e.